The van der Waals surface area contributed by atoms with Crippen molar-refractivity contribution in [2.45, 2.75) is 25.7 Å². The Labute approximate surface area is 97.0 Å². The molecule has 96 valence electrons. The van der Waals surface area contributed by atoms with Crippen molar-refractivity contribution >= 4 is 6.29 Å². The maximum absolute atomic E-state index is 10.8. The maximum Gasteiger partial charge on any atom is 0.183 e. The number of methoxy groups -OCH3 is 3. The summed E-state index contributed by atoms with van der Waals surface area (Å²) in [7, 11) is 4.69. The number of hydrogen-bond donors (Lipinski definition) is 0. The van der Waals surface area contributed by atoms with Crippen molar-refractivity contribution in [2.75, 3.05) is 34.5 Å². The van der Waals surface area contributed by atoms with Crippen LogP contribution in [0.5, 0.6) is 0 Å². The SMILES string of the molecule is COCCCOC(C(C)C=O)C(OC)OC. The average molecular weight is 234 g/mol. The Bertz CT molecular complexity index is 170. The first-order chi connectivity index (χ1) is 7.71. The first-order valence-corrected chi connectivity index (χ1v) is 5.32. The Morgan fingerprint density at radius 1 is 1.12 bits per heavy atom. The molecule has 5 heteroatoms. The summed E-state index contributed by atoms with van der Waals surface area (Å²) >= 11 is 0. The Kier molecular flexibility index (Phi) is 9.42. The molecule has 2 atom stereocenters. The fourth-order valence-electron chi connectivity index (χ4n) is 1.34. The van der Waals surface area contributed by atoms with Crippen LogP contribution in [-0.4, -0.2) is 53.2 Å². The molecular weight excluding hydrogens is 212 g/mol. The average Bonchev–Trinajstić information content (AvgIpc) is 2.32. The van der Waals surface area contributed by atoms with Crippen molar-refractivity contribution < 1.29 is 23.7 Å². The van der Waals surface area contributed by atoms with Gasteiger partial charge in [-0.05, 0) is 6.42 Å². The molecular formula is C11H22O5. The van der Waals surface area contributed by atoms with Gasteiger partial charge >= 0.3 is 0 Å². The van der Waals surface area contributed by atoms with Gasteiger partial charge in [0.05, 0.1) is 0 Å². The summed E-state index contributed by atoms with van der Waals surface area (Å²) in [6, 6.07) is 0. The van der Waals surface area contributed by atoms with E-state index in [1.807, 2.05) is 0 Å². The third-order valence-corrected chi connectivity index (χ3v) is 2.27. The molecule has 16 heavy (non-hydrogen) atoms. The second-order valence-corrected chi connectivity index (χ2v) is 3.52. The number of carbonyl (C=O) groups is 1. The molecule has 0 aliphatic carbocycles. The Balaban J connectivity index is 4.14. The molecule has 0 aromatic rings. The summed E-state index contributed by atoms with van der Waals surface area (Å²) in [5.74, 6) is -0.271. The summed E-state index contributed by atoms with van der Waals surface area (Å²) in [5.41, 5.74) is 0. The van der Waals surface area contributed by atoms with Crippen LogP contribution in [0.3, 0.4) is 0 Å². The van der Waals surface area contributed by atoms with Crippen LogP contribution < -0.4 is 0 Å². The molecule has 0 saturated carbocycles. The summed E-state index contributed by atoms with van der Waals surface area (Å²) in [4.78, 5) is 10.8. The normalized spacial score (nSPS) is 15.1. The molecule has 0 N–H and O–H groups in total. The van der Waals surface area contributed by atoms with Crippen LogP contribution >= 0.6 is 0 Å². The van der Waals surface area contributed by atoms with E-state index in [-0.39, 0.29) is 12.0 Å². The molecule has 0 amide bonds. The molecule has 0 spiro atoms. The minimum Gasteiger partial charge on any atom is -0.385 e. The third kappa shape index (κ3) is 5.55. The highest BCUT2D eigenvalue weighted by atomic mass is 16.7. The molecule has 0 aliphatic heterocycles. The van der Waals surface area contributed by atoms with Crippen LogP contribution in [-0.2, 0) is 23.7 Å². The predicted molar refractivity (Wildman–Crippen MR) is 59.3 cm³/mol. The Morgan fingerprint density at radius 2 is 1.75 bits per heavy atom. The van der Waals surface area contributed by atoms with E-state index in [2.05, 4.69) is 0 Å². The number of carbonyl (C=O) groups excluding carboxylic acids is 1. The van der Waals surface area contributed by atoms with Gasteiger partial charge in [-0.25, -0.2) is 0 Å². The van der Waals surface area contributed by atoms with Gasteiger partial charge in [-0.15, -0.1) is 0 Å². The van der Waals surface area contributed by atoms with Crippen LogP contribution in [0.15, 0.2) is 0 Å². The lowest BCUT2D eigenvalue weighted by Gasteiger charge is -2.27. The zero-order chi connectivity index (χ0) is 12.4. The second kappa shape index (κ2) is 9.72. The third-order valence-electron chi connectivity index (χ3n) is 2.27. The van der Waals surface area contributed by atoms with Gasteiger partial charge in [-0.2, -0.15) is 0 Å². The minimum absolute atomic E-state index is 0.271. The lowest BCUT2D eigenvalue weighted by Crippen LogP contribution is -2.38. The summed E-state index contributed by atoms with van der Waals surface area (Å²) < 4.78 is 20.7. The largest absolute Gasteiger partial charge is 0.385 e. The summed E-state index contributed by atoms with van der Waals surface area (Å²) in [6.07, 6.45) is 0.706. The first-order valence-electron chi connectivity index (χ1n) is 5.32. The predicted octanol–water partition coefficient (Wildman–Crippen LogP) is 0.862. The smallest absolute Gasteiger partial charge is 0.183 e. The van der Waals surface area contributed by atoms with Crippen LogP contribution in [0.4, 0.5) is 0 Å². The van der Waals surface area contributed by atoms with Gasteiger partial charge in [0.2, 0.25) is 0 Å². The molecule has 0 heterocycles. The Morgan fingerprint density at radius 3 is 2.19 bits per heavy atom. The molecule has 0 bridgehead atoms. The molecule has 0 rings (SSSR count). The lowest BCUT2D eigenvalue weighted by molar-refractivity contribution is -0.194. The highest BCUT2D eigenvalue weighted by Crippen LogP contribution is 2.13. The summed E-state index contributed by atoms with van der Waals surface area (Å²) in [6.45, 7) is 2.92. The van der Waals surface area contributed by atoms with E-state index in [4.69, 9.17) is 18.9 Å². The molecule has 0 saturated heterocycles. The fraction of sp³-hybridized carbons (Fsp3) is 0.909. The van der Waals surface area contributed by atoms with Crippen molar-refractivity contribution in [1.29, 1.82) is 0 Å². The van der Waals surface area contributed by atoms with Crippen LogP contribution in [0.1, 0.15) is 13.3 Å². The van der Waals surface area contributed by atoms with Crippen LogP contribution in [0.25, 0.3) is 0 Å². The quantitative estimate of drug-likeness (QED) is 0.319. The van der Waals surface area contributed by atoms with E-state index in [1.165, 1.54) is 14.2 Å². The first kappa shape index (κ1) is 15.5. The zero-order valence-electron chi connectivity index (χ0n) is 10.5. The standard InChI is InChI=1S/C11H22O5/c1-9(8-12)10(11(14-3)15-4)16-7-5-6-13-2/h8-11H,5-7H2,1-4H3. The monoisotopic (exact) mass is 234 g/mol. The van der Waals surface area contributed by atoms with Crippen molar-refractivity contribution in [3.8, 4) is 0 Å². The van der Waals surface area contributed by atoms with E-state index in [1.54, 1.807) is 14.0 Å². The fourth-order valence-corrected chi connectivity index (χ4v) is 1.34. The van der Waals surface area contributed by atoms with Gasteiger partial charge in [0.15, 0.2) is 6.29 Å². The number of ether oxygens (including phenoxy) is 4. The van der Waals surface area contributed by atoms with Gasteiger partial charge in [-0.1, -0.05) is 6.92 Å². The number of aldehydes is 1. The van der Waals surface area contributed by atoms with E-state index in [9.17, 15) is 4.79 Å². The van der Waals surface area contributed by atoms with E-state index < -0.39 is 6.29 Å². The zero-order valence-corrected chi connectivity index (χ0v) is 10.5. The molecule has 0 radical (unpaired) electrons. The minimum atomic E-state index is -0.525. The molecule has 0 aliphatic rings. The maximum atomic E-state index is 10.8. The summed E-state index contributed by atoms with van der Waals surface area (Å²) in [5, 5.41) is 0. The molecule has 0 aromatic heterocycles. The lowest BCUT2D eigenvalue weighted by atomic mass is 10.1. The Hall–Kier alpha value is -0.490. The van der Waals surface area contributed by atoms with Crippen molar-refractivity contribution in [2.24, 2.45) is 5.92 Å². The van der Waals surface area contributed by atoms with Gasteiger partial charge in [-0.3, -0.25) is 0 Å². The van der Waals surface area contributed by atoms with Crippen LogP contribution in [0.2, 0.25) is 0 Å². The van der Waals surface area contributed by atoms with Gasteiger partial charge in [0.1, 0.15) is 12.4 Å². The molecule has 5 nitrogen and oxygen atoms in total. The number of rotatable bonds is 10. The van der Waals surface area contributed by atoms with Crippen molar-refractivity contribution in [3.05, 3.63) is 0 Å². The van der Waals surface area contributed by atoms with E-state index in [0.29, 0.717) is 13.2 Å². The molecule has 0 fully saturated rings. The van der Waals surface area contributed by atoms with Gasteiger partial charge < -0.3 is 23.7 Å². The van der Waals surface area contributed by atoms with Crippen molar-refractivity contribution in [3.63, 3.8) is 0 Å². The topological polar surface area (TPSA) is 54.0 Å². The highest BCUT2D eigenvalue weighted by molar-refractivity contribution is 5.53. The number of hydrogen-bond acceptors (Lipinski definition) is 5. The molecule has 2 unspecified atom stereocenters. The van der Waals surface area contributed by atoms with Gasteiger partial charge in [0.25, 0.3) is 0 Å². The molecule has 0 aromatic carbocycles. The van der Waals surface area contributed by atoms with Gasteiger partial charge in [0, 0.05) is 40.5 Å². The van der Waals surface area contributed by atoms with Crippen molar-refractivity contribution in [1.82, 2.24) is 0 Å². The van der Waals surface area contributed by atoms with Crippen LogP contribution in [0, 0.1) is 5.92 Å². The van der Waals surface area contributed by atoms with E-state index in [0.717, 1.165) is 12.7 Å². The highest BCUT2D eigenvalue weighted by Gasteiger charge is 2.27. The van der Waals surface area contributed by atoms with E-state index >= 15 is 0 Å². The second-order valence-electron chi connectivity index (χ2n) is 3.52.